The minimum absolute atomic E-state index is 0.0418. The van der Waals surface area contributed by atoms with Crippen LogP contribution < -0.4 is 10.2 Å². The fourth-order valence-electron chi connectivity index (χ4n) is 4.03. The van der Waals surface area contributed by atoms with Gasteiger partial charge in [-0.2, -0.15) is 0 Å². The van der Waals surface area contributed by atoms with Crippen molar-refractivity contribution in [1.82, 2.24) is 4.90 Å². The fraction of sp³-hybridized carbons (Fsp3) is 0.409. The summed E-state index contributed by atoms with van der Waals surface area (Å²) in [5, 5.41) is 15.4. The van der Waals surface area contributed by atoms with Crippen molar-refractivity contribution in [3.63, 3.8) is 0 Å². The molecule has 0 saturated carbocycles. The van der Waals surface area contributed by atoms with Crippen LogP contribution in [-0.4, -0.2) is 61.2 Å². The summed E-state index contributed by atoms with van der Waals surface area (Å²) in [5.74, 6) is -0.0918. The van der Waals surface area contributed by atoms with E-state index in [4.69, 9.17) is 27.9 Å². The van der Waals surface area contributed by atoms with Crippen molar-refractivity contribution in [2.45, 2.75) is 18.9 Å². The maximum atomic E-state index is 12.8. The second-order valence-corrected chi connectivity index (χ2v) is 8.70. The van der Waals surface area contributed by atoms with Crippen LogP contribution in [0.3, 0.4) is 0 Å². The lowest BCUT2D eigenvalue weighted by Crippen LogP contribution is -2.48. The van der Waals surface area contributed by atoms with Gasteiger partial charge in [0.2, 0.25) is 0 Å². The van der Waals surface area contributed by atoms with Crippen LogP contribution in [0, 0.1) is 10.1 Å². The monoisotopic (exact) mass is 478 g/mol. The number of ether oxygens (including phenoxy) is 1. The maximum absolute atomic E-state index is 12.8. The molecule has 1 amide bonds. The van der Waals surface area contributed by atoms with Gasteiger partial charge in [-0.1, -0.05) is 23.2 Å². The van der Waals surface area contributed by atoms with Gasteiger partial charge in [0.15, 0.2) is 0 Å². The lowest BCUT2D eigenvalue weighted by molar-refractivity contribution is -0.383. The number of nitro benzene ring substituents is 1. The molecule has 1 atom stereocenters. The molecule has 2 aliphatic rings. The molecule has 0 spiro atoms. The van der Waals surface area contributed by atoms with E-state index in [0.717, 1.165) is 25.1 Å². The van der Waals surface area contributed by atoms with Gasteiger partial charge in [-0.05, 0) is 43.2 Å². The van der Waals surface area contributed by atoms with E-state index in [1.807, 2.05) is 6.07 Å². The number of anilines is 2. The molecule has 0 radical (unpaired) electrons. The number of hydrogen-bond acceptors (Lipinski definition) is 6. The van der Waals surface area contributed by atoms with Crippen molar-refractivity contribution in [2.24, 2.45) is 0 Å². The number of nitrogens with one attached hydrogen (secondary N) is 1. The van der Waals surface area contributed by atoms with Gasteiger partial charge in [-0.15, -0.1) is 0 Å². The number of carbonyl (C=O) groups is 1. The van der Waals surface area contributed by atoms with Gasteiger partial charge in [0.25, 0.3) is 11.6 Å². The molecule has 170 valence electrons. The number of carbonyl (C=O) groups excluding carboxylic acids is 1. The third-order valence-corrected chi connectivity index (χ3v) is 6.56. The van der Waals surface area contributed by atoms with Gasteiger partial charge in [0, 0.05) is 56.6 Å². The number of piperazine rings is 1. The fourth-order valence-corrected chi connectivity index (χ4v) is 4.33. The normalized spacial score (nSPS) is 18.6. The van der Waals surface area contributed by atoms with E-state index in [0.29, 0.717) is 54.0 Å². The van der Waals surface area contributed by atoms with Gasteiger partial charge >= 0.3 is 0 Å². The highest BCUT2D eigenvalue weighted by Crippen LogP contribution is 2.31. The zero-order valence-electron chi connectivity index (χ0n) is 17.4. The lowest BCUT2D eigenvalue weighted by Gasteiger charge is -2.36. The molecule has 2 aromatic carbocycles. The van der Waals surface area contributed by atoms with Crippen molar-refractivity contribution in [2.75, 3.05) is 49.5 Å². The van der Waals surface area contributed by atoms with Crippen LogP contribution in [-0.2, 0) is 4.74 Å². The van der Waals surface area contributed by atoms with Gasteiger partial charge in [-0.3, -0.25) is 14.9 Å². The smallest absolute Gasteiger partial charge is 0.292 e. The predicted molar refractivity (Wildman–Crippen MR) is 125 cm³/mol. The van der Waals surface area contributed by atoms with Crippen LogP contribution in [0.2, 0.25) is 10.0 Å². The quantitative estimate of drug-likeness (QED) is 0.487. The number of nitro groups is 1. The van der Waals surface area contributed by atoms with Crippen molar-refractivity contribution >= 4 is 46.2 Å². The topological polar surface area (TPSA) is 88.0 Å². The molecule has 0 aliphatic carbocycles. The number of benzene rings is 2. The Morgan fingerprint density at radius 2 is 1.91 bits per heavy atom. The largest absolute Gasteiger partial charge is 0.377 e. The van der Waals surface area contributed by atoms with E-state index >= 15 is 0 Å². The summed E-state index contributed by atoms with van der Waals surface area (Å²) in [7, 11) is 0. The van der Waals surface area contributed by atoms with E-state index in [1.54, 1.807) is 29.2 Å². The van der Waals surface area contributed by atoms with E-state index in [-0.39, 0.29) is 22.6 Å². The Kier molecular flexibility index (Phi) is 7.03. The third-order valence-electron chi connectivity index (χ3n) is 5.82. The summed E-state index contributed by atoms with van der Waals surface area (Å²) in [6, 6.07) is 9.97. The van der Waals surface area contributed by atoms with Crippen LogP contribution in [0.4, 0.5) is 17.1 Å². The molecular formula is C22H24Cl2N4O4. The standard InChI is InChI=1S/C22H24Cl2N4O4/c23-18-5-3-15(12-19(18)24)22(29)27-9-7-26(8-10-27)16-4-6-21(28(30)31)20(13-16)25-14-17-2-1-11-32-17/h3-6,12-13,17,25H,1-2,7-11,14H2/t17-/m1/s1. The minimum atomic E-state index is -0.379. The van der Waals surface area contributed by atoms with Crippen LogP contribution in [0.5, 0.6) is 0 Å². The van der Waals surface area contributed by atoms with E-state index in [9.17, 15) is 14.9 Å². The summed E-state index contributed by atoms with van der Waals surface area (Å²) in [6.45, 7) is 3.59. The summed E-state index contributed by atoms with van der Waals surface area (Å²) >= 11 is 12.0. The summed E-state index contributed by atoms with van der Waals surface area (Å²) in [6.07, 6.45) is 2.05. The molecule has 2 heterocycles. The summed E-state index contributed by atoms with van der Waals surface area (Å²) in [5.41, 5.74) is 1.91. The molecule has 0 bridgehead atoms. The first kappa shape index (κ1) is 22.6. The molecule has 1 N–H and O–H groups in total. The average molecular weight is 479 g/mol. The molecule has 4 rings (SSSR count). The Labute approximate surface area is 196 Å². The molecule has 2 fully saturated rings. The van der Waals surface area contributed by atoms with Gasteiger partial charge in [0.1, 0.15) is 5.69 Å². The second kappa shape index (κ2) is 9.94. The Morgan fingerprint density at radius 1 is 1.12 bits per heavy atom. The first-order valence-corrected chi connectivity index (χ1v) is 11.3. The molecule has 32 heavy (non-hydrogen) atoms. The van der Waals surface area contributed by atoms with E-state index in [2.05, 4.69) is 10.2 Å². The summed E-state index contributed by atoms with van der Waals surface area (Å²) in [4.78, 5) is 27.8. The number of rotatable bonds is 6. The van der Waals surface area contributed by atoms with Crippen LogP contribution in [0.25, 0.3) is 0 Å². The van der Waals surface area contributed by atoms with Crippen molar-refractivity contribution in [3.8, 4) is 0 Å². The highest BCUT2D eigenvalue weighted by molar-refractivity contribution is 6.42. The minimum Gasteiger partial charge on any atom is -0.377 e. The molecule has 2 aromatic rings. The Bertz CT molecular complexity index is 1010. The van der Waals surface area contributed by atoms with Crippen LogP contribution >= 0.6 is 23.2 Å². The maximum Gasteiger partial charge on any atom is 0.292 e. The Hall–Kier alpha value is -2.55. The van der Waals surface area contributed by atoms with E-state index < -0.39 is 0 Å². The number of amides is 1. The zero-order chi connectivity index (χ0) is 22.7. The molecule has 10 heteroatoms. The van der Waals surface area contributed by atoms with E-state index in [1.165, 1.54) is 6.07 Å². The first-order valence-electron chi connectivity index (χ1n) is 10.6. The Balaban J connectivity index is 1.42. The first-order chi connectivity index (χ1) is 15.4. The highest BCUT2D eigenvalue weighted by Gasteiger charge is 2.25. The molecule has 2 saturated heterocycles. The molecule has 0 aromatic heterocycles. The van der Waals surface area contributed by atoms with Gasteiger partial charge < -0.3 is 19.9 Å². The van der Waals surface area contributed by atoms with Crippen molar-refractivity contribution in [1.29, 1.82) is 0 Å². The number of nitrogens with zero attached hydrogens (tertiary/aromatic N) is 3. The highest BCUT2D eigenvalue weighted by atomic mass is 35.5. The number of hydrogen-bond donors (Lipinski definition) is 1. The SMILES string of the molecule is O=C(c1ccc(Cl)c(Cl)c1)N1CCN(c2ccc([N+](=O)[O-])c(NC[C@H]3CCCO3)c2)CC1. The average Bonchev–Trinajstić information content (AvgIpc) is 3.32. The molecular weight excluding hydrogens is 455 g/mol. The van der Waals surface area contributed by atoms with Crippen LogP contribution in [0.1, 0.15) is 23.2 Å². The zero-order valence-corrected chi connectivity index (χ0v) is 18.9. The van der Waals surface area contributed by atoms with Gasteiger partial charge in [-0.25, -0.2) is 0 Å². The van der Waals surface area contributed by atoms with Crippen molar-refractivity contribution in [3.05, 3.63) is 62.1 Å². The van der Waals surface area contributed by atoms with Crippen LogP contribution in [0.15, 0.2) is 36.4 Å². The summed E-state index contributed by atoms with van der Waals surface area (Å²) < 4.78 is 5.61. The Morgan fingerprint density at radius 3 is 2.56 bits per heavy atom. The second-order valence-electron chi connectivity index (χ2n) is 7.88. The molecule has 8 nitrogen and oxygen atoms in total. The molecule has 2 aliphatic heterocycles. The van der Waals surface area contributed by atoms with Gasteiger partial charge in [0.05, 0.1) is 21.1 Å². The van der Waals surface area contributed by atoms with Crippen molar-refractivity contribution < 1.29 is 14.5 Å². The number of halogens is 2. The predicted octanol–water partition coefficient (Wildman–Crippen LogP) is 4.45. The molecule has 0 unspecified atom stereocenters. The third kappa shape index (κ3) is 5.09. The lowest BCUT2D eigenvalue weighted by atomic mass is 10.1.